The first-order valence-corrected chi connectivity index (χ1v) is 19.6. The first kappa shape index (κ1) is 45.2. The van der Waals surface area contributed by atoms with Gasteiger partial charge in [-0.3, -0.25) is 4.90 Å². The molecule has 0 aliphatic carbocycles. The van der Waals surface area contributed by atoms with Crippen molar-refractivity contribution in [3.05, 3.63) is 0 Å². The molecule has 0 aliphatic rings. The molecule has 0 radical (unpaired) electrons. The SMILES string of the molecule is CCCCCCCCCCCCCCCCCN(CCCCCCCCCCCCCCCCC)C(CCC)C(=O)[O-].[Li+]. The van der Waals surface area contributed by atoms with E-state index in [9.17, 15) is 9.90 Å². The summed E-state index contributed by atoms with van der Waals surface area (Å²) < 4.78 is 0. The molecular formula is C39H78LiNO2. The maximum atomic E-state index is 11.9. The summed E-state index contributed by atoms with van der Waals surface area (Å²) in [5, 5.41) is 11.9. The predicted octanol–water partition coefficient (Wildman–Crippen LogP) is 8.95. The molecule has 0 fully saturated rings. The van der Waals surface area contributed by atoms with Crippen LogP contribution in [0.3, 0.4) is 0 Å². The molecule has 0 N–H and O–H groups in total. The number of hydrogen-bond acceptors (Lipinski definition) is 3. The number of rotatable bonds is 36. The van der Waals surface area contributed by atoms with Crippen LogP contribution in [0.25, 0.3) is 0 Å². The van der Waals surface area contributed by atoms with E-state index < -0.39 is 12.0 Å². The number of carboxylic acids is 1. The Kier molecular flexibility index (Phi) is 40.1. The van der Waals surface area contributed by atoms with Gasteiger partial charge in [0, 0.05) is 6.04 Å². The molecular weight excluding hydrogens is 521 g/mol. The third-order valence-corrected chi connectivity index (χ3v) is 9.37. The van der Waals surface area contributed by atoms with Crippen LogP contribution in [0.15, 0.2) is 0 Å². The minimum absolute atomic E-state index is 0. The van der Waals surface area contributed by atoms with Crippen molar-refractivity contribution >= 4 is 5.97 Å². The molecule has 43 heavy (non-hydrogen) atoms. The van der Waals surface area contributed by atoms with Crippen molar-refractivity contribution in [1.82, 2.24) is 4.90 Å². The molecule has 1 unspecified atom stereocenters. The van der Waals surface area contributed by atoms with E-state index in [1.807, 2.05) is 0 Å². The molecule has 4 heteroatoms. The Labute approximate surface area is 284 Å². The van der Waals surface area contributed by atoms with Crippen molar-refractivity contribution in [3.63, 3.8) is 0 Å². The van der Waals surface area contributed by atoms with Gasteiger partial charge in [-0.25, -0.2) is 0 Å². The van der Waals surface area contributed by atoms with Gasteiger partial charge in [-0.2, -0.15) is 0 Å². The second-order valence-electron chi connectivity index (χ2n) is 13.6. The number of aliphatic carboxylic acids is 1. The number of carboxylic acid groups (broad SMARTS) is 1. The molecule has 0 rings (SSSR count). The van der Waals surface area contributed by atoms with Crippen LogP contribution in [0.5, 0.6) is 0 Å². The van der Waals surface area contributed by atoms with E-state index in [0.717, 1.165) is 38.8 Å². The number of carbonyl (C=O) groups is 1. The fraction of sp³-hybridized carbons (Fsp3) is 0.974. The third kappa shape index (κ3) is 33.2. The topological polar surface area (TPSA) is 43.4 Å². The van der Waals surface area contributed by atoms with Crippen molar-refractivity contribution in [3.8, 4) is 0 Å². The fourth-order valence-electron chi connectivity index (χ4n) is 6.52. The van der Waals surface area contributed by atoms with Gasteiger partial charge in [0.25, 0.3) is 0 Å². The van der Waals surface area contributed by atoms with Crippen LogP contribution in [0.4, 0.5) is 0 Å². The number of hydrogen-bond donors (Lipinski definition) is 0. The molecule has 0 heterocycles. The summed E-state index contributed by atoms with van der Waals surface area (Å²) in [6, 6.07) is -0.395. The zero-order valence-electron chi connectivity index (χ0n) is 30.4. The molecule has 0 aromatic carbocycles. The van der Waals surface area contributed by atoms with Gasteiger partial charge < -0.3 is 9.90 Å². The maximum Gasteiger partial charge on any atom is 1.00 e. The van der Waals surface area contributed by atoms with E-state index in [0.29, 0.717) is 0 Å². The van der Waals surface area contributed by atoms with E-state index in [2.05, 4.69) is 25.7 Å². The number of nitrogens with zero attached hydrogens (tertiary/aromatic N) is 1. The Morgan fingerprint density at radius 3 is 0.860 bits per heavy atom. The quantitative estimate of drug-likeness (QED) is 0.0533. The summed E-state index contributed by atoms with van der Waals surface area (Å²) >= 11 is 0. The average molecular weight is 600 g/mol. The van der Waals surface area contributed by atoms with E-state index >= 15 is 0 Å². The molecule has 0 saturated carbocycles. The molecule has 0 spiro atoms. The summed E-state index contributed by atoms with van der Waals surface area (Å²) in [4.78, 5) is 14.2. The maximum absolute atomic E-state index is 11.9. The van der Waals surface area contributed by atoms with Crippen molar-refractivity contribution in [2.24, 2.45) is 0 Å². The first-order chi connectivity index (χ1) is 20.7. The van der Waals surface area contributed by atoms with E-state index in [4.69, 9.17) is 0 Å². The van der Waals surface area contributed by atoms with Crippen molar-refractivity contribution in [2.45, 2.75) is 232 Å². The van der Waals surface area contributed by atoms with Crippen molar-refractivity contribution < 1.29 is 28.8 Å². The fourth-order valence-corrected chi connectivity index (χ4v) is 6.52. The molecule has 1 atom stereocenters. The van der Waals surface area contributed by atoms with Gasteiger partial charge in [0.05, 0.1) is 5.97 Å². The molecule has 0 amide bonds. The van der Waals surface area contributed by atoms with Gasteiger partial charge in [0.15, 0.2) is 0 Å². The molecule has 0 bridgehead atoms. The first-order valence-electron chi connectivity index (χ1n) is 19.6. The van der Waals surface area contributed by atoms with Crippen LogP contribution < -0.4 is 24.0 Å². The minimum Gasteiger partial charge on any atom is -0.548 e. The molecule has 0 saturated heterocycles. The summed E-state index contributed by atoms with van der Waals surface area (Å²) in [6.07, 6.45) is 42.7. The van der Waals surface area contributed by atoms with Gasteiger partial charge in [0.2, 0.25) is 0 Å². The summed E-state index contributed by atoms with van der Waals surface area (Å²) in [6.45, 7) is 8.52. The van der Waals surface area contributed by atoms with Gasteiger partial charge >= 0.3 is 18.9 Å². The van der Waals surface area contributed by atoms with Crippen LogP contribution >= 0.6 is 0 Å². The zero-order chi connectivity index (χ0) is 30.8. The van der Waals surface area contributed by atoms with Crippen LogP contribution in [-0.4, -0.2) is 30.0 Å². The summed E-state index contributed by atoms with van der Waals surface area (Å²) in [5.74, 6) is -0.862. The van der Waals surface area contributed by atoms with Crippen LogP contribution in [0, 0.1) is 0 Å². The Bertz CT molecular complexity index is 495. The Morgan fingerprint density at radius 2 is 0.651 bits per heavy atom. The second kappa shape index (κ2) is 38.2. The minimum atomic E-state index is -0.862. The molecule has 3 nitrogen and oxygen atoms in total. The van der Waals surface area contributed by atoms with Gasteiger partial charge in [-0.05, 0) is 32.4 Å². The Morgan fingerprint density at radius 1 is 0.419 bits per heavy atom. The second-order valence-corrected chi connectivity index (χ2v) is 13.6. The smallest absolute Gasteiger partial charge is 0.548 e. The van der Waals surface area contributed by atoms with Crippen LogP contribution in [0.1, 0.15) is 226 Å². The van der Waals surface area contributed by atoms with Gasteiger partial charge in [-0.1, -0.05) is 207 Å². The number of carbonyl (C=O) groups excluding carboxylic acids is 1. The third-order valence-electron chi connectivity index (χ3n) is 9.37. The average Bonchev–Trinajstić information content (AvgIpc) is 2.98. The Hall–Kier alpha value is 0.0274. The largest absolute Gasteiger partial charge is 1.00 e. The van der Waals surface area contributed by atoms with E-state index in [-0.39, 0.29) is 18.9 Å². The standard InChI is InChI=1S/C39H79NO2.Li/c1-4-7-9-11-13-15-17-19-21-23-25-27-29-31-33-36-40(38(35-6-3)39(41)42)37-34-32-30-28-26-24-22-20-18-16-14-12-10-8-5-2;/h38H,4-37H2,1-3H3,(H,41,42);/q;+1/p-1. The molecule has 0 aliphatic heterocycles. The Balaban J connectivity index is 0. The van der Waals surface area contributed by atoms with Crippen LogP contribution in [-0.2, 0) is 4.79 Å². The molecule has 0 aromatic rings. The van der Waals surface area contributed by atoms with Crippen molar-refractivity contribution in [2.75, 3.05) is 13.1 Å². The van der Waals surface area contributed by atoms with Crippen LogP contribution in [0.2, 0.25) is 0 Å². The van der Waals surface area contributed by atoms with E-state index in [1.165, 1.54) is 180 Å². The summed E-state index contributed by atoms with van der Waals surface area (Å²) in [7, 11) is 0. The normalized spacial score (nSPS) is 12.1. The number of unbranched alkanes of at least 4 members (excludes halogenated alkanes) is 28. The zero-order valence-corrected chi connectivity index (χ0v) is 30.4. The molecule has 252 valence electrons. The monoisotopic (exact) mass is 600 g/mol. The predicted molar refractivity (Wildman–Crippen MR) is 185 cm³/mol. The van der Waals surface area contributed by atoms with Crippen molar-refractivity contribution in [1.29, 1.82) is 0 Å². The summed E-state index contributed by atoms with van der Waals surface area (Å²) in [5.41, 5.74) is 0. The van der Waals surface area contributed by atoms with E-state index in [1.54, 1.807) is 0 Å². The van der Waals surface area contributed by atoms with Gasteiger partial charge in [0.1, 0.15) is 0 Å². The van der Waals surface area contributed by atoms with Gasteiger partial charge in [-0.15, -0.1) is 0 Å². The molecule has 0 aromatic heterocycles.